The molecular formula is C13H20N2O2S. The number of ether oxygens (including phenoxy) is 2. The number of unbranched alkanes of at least 4 members (excludes halogenated alkanes) is 1. The predicted molar refractivity (Wildman–Crippen MR) is 76.5 cm³/mol. The van der Waals surface area contributed by atoms with E-state index in [0.717, 1.165) is 11.3 Å². The predicted octanol–water partition coefficient (Wildman–Crippen LogP) is 2.90. The van der Waals surface area contributed by atoms with E-state index in [1.807, 2.05) is 0 Å². The number of anilines is 2. The van der Waals surface area contributed by atoms with Crippen molar-refractivity contribution in [2.24, 2.45) is 0 Å². The van der Waals surface area contributed by atoms with E-state index >= 15 is 0 Å². The highest BCUT2D eigenvalue weighted by Crippen LogP contribution is 2.49. The van der Waals surface area contributed by atoms with Crippen LogP contribution in [0.2, 0.25) is 0 Å². The van der Waals surface area contributed by atoms with Gasteiger partial charge in [0.25, 0.3) is 0 Å². The van der Waals surface area contributed by atoms with Crippen molar-refractivity contribution in [2.75, 3.05) is 25.2 Å². The smallest absolute Gasteiger partial charge is 0.158 e. The van der Waals surface area contributed by atoms with Gasteiger partial charge < -0.3 is 20.9 Å². The lowest BCUT2D eigenvalue weighted by atomic mass is 10.2. The highest BCUT2D eigenvalue weighted by Gasteiger charge is 2.26. The Kier molecular flexibility index (Phi) is 4.11. The van der Waals surface area contributed by atoms with Gasteiger partial charge >= 0.3 is 0 Å². The number of nitrogen functional groups attached to an aromatic ring is 2. The molecule has 0 spiro atoms. The first-order valence-electron chi connectivity index (χ1n) is 6.22. The van der Waals surface area contributed by atoms with Crippen LogP contribution >= 0.6 is 11.8 Å². The van der Waals surface area contributed by atoms with Crippen molar-refractivity contribution >= 4 is 23.1 Å². The van der Waals surface area contributed by atoms with E-state index in [0.29, 0.717) is 34.7 Å². The summed E-state index contributed by atoms with van der Waals surface area (Å²) in [5.41, 5.74) is 13.3. The molecule has 2 rings (SSSR count). The van der Waals surface area contributed by atoms with Crippen LogP contribution in [0, 0.1) is 0 Å². The van der Waals surface area contributed by atoms with Gasteiger partial charge in [-0.3, -0.25) is 0 Å². The van der Waals surface area contributed by atoms with Crippen LogP contribution in [0.4, 0.5) is 11.4 Å². The summed E-state index contributed by atoms with van der Waals surface area (Å²) in [4.78, 5) is 0.930. The van der Waals surface area contributed by atoms with Gasteiger partial charge in [-0.2, -0.15) is 0 Å². The molecule has 4 nitrogen and oxygen atoms in total. The molecule has 100 valence electrons. The van der Waals surface area contributed by atoms with Crippen molar-refractivity contribution < 1.29 is 9.47 Å². The molecule has 0 amide bonds. The van der Waals surface area contributed by atoms with Gasteiger partial charge in [0, 0.05) is 11.3 Å². The van der Waals surface area contributed by atoms with Crippen LogP contribution in [0.25, 0.3) is 0 Å². The topological polar surface area (TPSA) is 70.5 Å². The average molecular weight is 268 g/mol. The third-order valence-electron chi connectivity index (χ3n) is 3.06. The van der Waals surface area contributed by atoms with Crippen LogP contribution in [0.5, 0.6) is 11.5 Å². The largest absolute Gasteiger partial charge is 0.494 e. The van der Waals surface area contributed by atoms with Gasteiger partial charge in [0.05, 0.1) is 23.4 Å². The molecule has 0 aromatic heterocycles. The van der Waals surface area contributed by atoms with Crippen molar-refractivity contribution in [3.8, 4) is 11.5 Å². The monoisotopic (exact) mass is 268 g/mol. The Hall–Kier alpha value is -1.23. The molecule has 1 aliphatic rings. The van der Waals surface area contributed by atoms with Crippen LogP contribution in [0.15, 0.2) is 11.0 Å². The number of benzene rings is 1. The summed E-state index contributed by atoms with van der Waals surface area (Å²) in [6, 6.07) is 1.72. The average Bonchev–Trinajstić information content (AvgIpc) is 2.40. The van der Waals surface area contributed by atoms with Crippen LogP contribution in [0.1, 0.15) is 26.2 Å². The van der Waals surface area contributed by atoms with Crippen LogP contribution in [0.3, 0.4) is 0 Å². The van der Waals surface area contributed by atoms with Crippen molar-refractivity contribution in [3.05, 3.63) is 6.07 Å². The molecule has 18 heavy (non-hydrogen) atoms. The first kappa shape index (κ1) is 13.2. The summed E-state index contributed by atoms with van der Waals surface area (Å²) in [5.74, 6) is 1.34. The zero-order chi connectivity index (χ0) is 13.1. The number of hydrogen-bond donors (Lipinski definition) is 2. The zero-order valence-corrected chi connectivity index (χ0v) is 11.7. The second-order valence-electron chi connectivity index (χ2n) is 4.43. The van der Waals surface area contributed by atoms with Gasteiger partial charge in [0.1, 0.15) is 12.4 Å². The normalized spacial score (nSPS) is 18.0. The standard InChI is InChI=1S/C13H20N2O2S/c1-3-4-5-8-7-17-12-9(14)6-10(16-2)11(15)13(12)18-8/h6,8H,3-5,7,14-15H2,1-2H3. The van der Waals surface area contributed by atoms with Crippen LogP contribution in [-0.4, -0.2) is 19.0 Å². The Morgan fingerprint density at radius 2 is 2.28 bits per heavy atom. The molecule has 5 heteroatoms. The molecule has 1 aromatic rings. The fourth-order valence-corrected chi connectivity index (χ4v) is 3.30. The minimum atomic E-state index is 0.450. The van der Waals surface area contributed by atoms with Gasteiger partial charge in [0.2, 0.25) is 0 Å². The number of thioether (sulfide) groups is 1. The molecule has 1 aromatic carbocycles. The van der Waals surface area contributed by atoms with Gasteiger partial charge in [-0.15, -0.1) is 11.8 Å². The molecule has 1 unspecified atom stereocenters. The maximum Gasteiger partial charge on any atom is 0.158 e. The summed E-state index contributed by atoms with van der Waals surface area (Å²) in [5, 5.41) is 0.450. The second kappa shape index (κ2) is 5.61. The van der Waals surface area contributed by atoms with E-state index in [9.17, 15) is 0 Å². The Morgan fingerprint density at radius 1 is 1.50 bits per heavy atom. The number of fused-ring (bicyclic) bond motifs is 1. The van der Waals surface area contributed by atoms with Gasteiger partial charge in [-0.05, 0) is 6.42 Å². The Bertz CT molecular complexity index is 437. The third-order valence-corrected chi connectivity index (χ3v) is 4.41. The van der Waals surface area contributed by atoms with Gasteiger partial charge in [-0.1, -0.05) is 19.8 Å². The molecular weight excluding hydrogens is 248 g/mol. The Balaban J connectivity index is 2.27. The first-order valence-corrected chi connectivity index (χ1v) is 7.10. The van der Waals surface area contributed by atoms with Gasteiger partial charge in [0.15, 0.2) is 5.75 Å². The van der Waals surface area contributed by atoms with E-state index in [1.54, 1.807) is 24.9 Å². The number of hydrogen-bond acceptors (Lipinski definition) is 5. The fourth-order valence-electron chi connectivity index (χ4n) is 2.04. The fraction of sp³-hybridized carbons (Fsp3) is 0.538. The lowest BCUT2D eigenvalue weighted by Crippen LogP contribution is -2.20. The highest BCUT2D eigenvalue weighted by atomic mass is 32.2. The molecule has 0 fully saturated rings. The molecule has 0 radical (unpaired) electrons. The molecule has 0 bridgehead atoms. The maximum atomic E-state index is 6.09. The van der Waals surface area contributed by atoms with E-state index in [-0.39, 0.29) is 0 Å². The van der Waals surface area contributed by atoms with E-state index in [2.05, 4.69) is 6.92 Å². The van der Waals surface area contributed by atoms with Crippen molar-refractivity contribution in [2.45, 2.75) is 36.3 Å². The number of methoxy groups -OCH3 is 1. The van der Waals surface area contributed by atoms with Gasteiger partial charge in [-0.25, -0.2) is 0 Å². The van der Waals surface area contributed by atoms with E-state index in [1.165, 1.54) is 12.8 Å². The van der Waals surface area contributed by atoms with E-state index < -0.39 is 0 Å². The molecule has 1 atom stereocenters. The first-order chi connectivity index (χ1) is 8.67. The Morgan fingerprint density at radius 3 is 2.94 bits per heavy atom. The second-order valence-corrected chi connectivity index (χ2v) is 5.74. The molecule has 1 aliphatic heterocycles. The van der Waals surface area contributed by atoms with Crippen molar-refractivity contribution in [3.63, 3.8) is 0 Å². The van der Waals surface area contributed by atoms with Crippen molar-refractivity contribution in [1.29, 1.82) is 0 Å². The summed E-state index contributed by atoms with van der Waals surface area (Å²) in [6.45, 7) is 2.89. The third kappa shape index (κ3) is 2.46. The molecule has 0 saturated heterocycles. The SMILES string of the molecule is CCCCC1COc2c(N)cc(OC)c(N)c2S1. The van der Waals surface area contributed by atoms with Crippen molar-refractivity contribution in [1.82, 2.24) is 0 Å². The molecule has 0 saturated carbocycles. The van der Waals surface area contributed by atoms with Crippen LogP contribution < -0.4 is 20.9 Å². The molecule has 1 heterocycles. The maximum absolute atomic E-state index is 6.09. The van der Waals surface area contributed by atoms with E-state index in [4.69, 9.17) is 20.9 Å². The lowest BCUT2D eigenvalue weighted by molar-refractivity contribution is 0.297. The minimum absolute atomic E-state index is 0.450. The quantitative estimate of drug-likeness (QED) is 0.822. The molecule has 0 aliphatic carbocycles. The minimum Gasteiger partial charge on any atom is -0.494 e. The number of rotatable bonds is 4. The van der Waals surface area contributed by atoms with Crippen LogP contribution in [-0.2, 0) is 0 Å². The summed E-state index contributed by atoms with van der Waals surface area (Å²) >= 11 is 1.76. The molecule has 4 N–H and O–H groups in total. The lowest BCUT2D eigenvalue weighted by Gasteiger charge is -2.27. The summed E-state index contributed by atoms with van der Waals surface area (Å²) in [6.07, 6.45) is 3.53. The Labute approximate surface area is 112 Å². The highest BCUT2D eigenvalue weighted by molar-refractivity contribution is 8.00. The summed E-state index contributed by atoms with van der Waals surface area (Å²) in [7, 11) is 1.60. The zero-order valence-electron chi connectivity index (χ0n) is 10.9. The number of nitrogens with two attached hydrogens (primary N) is 2. The summed E-state index contributed by atoms with van der Waals surface area (Å²) < 4.78 is 11.0.